The van der Waals surface area contributed by atoms with E-state index in [2.05, 4.69) is 9.17 Å². The van der Waals surface area contributed by atoms with Crippen molar-refractivity contribution in [3.8, 4) is 0 Å². The van der Waals surface area contributed by atoms with Crippen LogP contribution in [-0.2, 0) is 20.7 Å². The molecule has 0 spiro atoms. The maximum absolute atomic E-state index is 13.1. The summed E-state index contributed by atoms with van der Waals surface area (Å²) in [6.07, 6.45) is 4.04. The Hall–Kier alpha value is -1.40. The smallest absolute Gasteiger partial charge is 0.264 e. The van der Waals surface area contributed by atoms with Gasteiger partial charge in [0.15, 0.2) is 0 Å². The SMILES string of the molecule is CS(=O)(=O)OCCCc1c[nH]c2ccc(F)cc12. The van der Waals surface area contributed by atoms with Gasteiger partial charge in [0.05, 0.1) is 12.9 Å². The monoisotopic (exact) mass is 271 g/mol. The van der Waals surface area contributed by atoms with Crippen LogP contribution >= 0.6 is 0 Å². The van der Waals surface area contributed by atoms with Gasteiger partial charge in [0.2, 0.25) is 0 Å². The van der Waals surface area contributed by atoms with Gasteiger partial charge in [0.1, 0.15) is 5.82 Å². The average Bonchev–Trinajstić information content (AvgIpc) is 2.66. The molecule has 0 saturated heterocycles. The summed E-state index contributed by atoms with van der Waals surface area (Å²) in [6, 6.07) is 4.55. The van der Waals surface area contributed by atoms with E-state index in [1.54, 1.807) is 6.07 Å². The van der Waals surface area contributed by atoms with E-state index in [9.17, 15) is 12.8 Å². The van der Waals surface area contributed by atoms with Crippen molar-refractivity contribution in [3.63, 3.8) is 0 Å². The lowest BCUT2D eigenvalue weighted by Gasteiger charge is -2.01. The van der Waals surface area contributed by atoms with Crippen LogP contribution in [0.2, 0.25) is 0 Å². The summed E-state index contributed by atoms with van der Waals surface area (Å²) in [5, 5.41) is 0.828. The molecule has 98 valence electrons. The second-order valence-corrected chi connectivity index (χ2v) is 5.78. The molecule has 0 aliphatic rings. The number of nitrogens with one attached hydrogen (secondary N) is 1. The first-order valence-electron chi connectivity index (χ1n) is 5.55. The van der Waals surface area contributed by atoms with Crippen molar-refractivity contribution in [1.29, 1.82) is 0 Å². The van der Waals surface area contributed by atoms with Gasteiger partial charge in [-0.25, -0.2) is 4.39 Å². The second kappa shape index (κ2) is 5.07. The highest BCUT2D eigenvalue weighted by molar-refractivity contribution is 7.85. The van der Waals surface area contributed by atoms with Crippen molar-refractivity contribution in [2.24, 2.45) is 0 Å². The summed E-state index contributed by atoms with van der Waals surface area (Å²) in [4.78, 5) is 3.05. The Labute approximate surface area is 105 Å². The normalized spacial score (nSPS) is 12.1. The van der Waals surface area contributed by atoms with Gasteiger partial charge in [-0.2, -0.15) is 8.42 Å². The van der Waals surface area contributed by atoms with Crippen LogP contribution in [0, 0.1) is 5.82 Å². The molecule has 0 radical (unpaired) electrons. The number of fused-ring (bicyclic) bond motifs is 1. The number of aromatic amines is 1. The molecular weight excluding hydrogens is 257 g/mol. The summed E-state index contributed by atoms with van der Waals surface area (Å²) in [7, 11) is -3.38. The van der Waals surface area contributed by atoms with Crippen molar-refractivity contribution in [2.75, 3.05) is 12.9 Å². The Bertz CT molecular complexity index is 648. The second-order valence-electron chi connectivity index (χ2n) is 4.13. The summed E-state index contributed by atoms with van der Waals surface area (Å²) in [6.45, 7) is 0.140. The molecule has 1 aromatic heterocycles. The standard InChI is InChI=1S/C12H14FNO3S/c1-18(15,16)17-6-2-3-9-8-14-12-5-4-10(13)7-11(9)12/h4-5,7-8,14H,2-3,6H2,1H3. The Morgan fingerprint density at radius 2 is 2.17 bits per heavy atom. The highest BCUT2D eigenvalue weighted by Gasteiger charge is 2.06. The van der Waals surface area contributed by atoms with Crippen LogP contribution in [-0.4, -0.2) is 26.3 Å². The zero-order valence-corrected chi connectivity index (χ0v) is 10.8. The van der Waals surface area contributed by atoms with Gasteiger partial charge < -0.3 is 4.98 Å². The molecule has 6 heteroatoms. The van der Waals surface area contributed by atoms with E-state index < -0.39 is 10.1 Å². The molecule has 18 heavy (non-hydrogen) atoms. The van der Waals surface area contributed by atoms with E-state index in [1.807, 2.05) is 6.20 Å². The molecule has 1 aromatic carbocycles. The first kappa shape index (κ1) is 13.0. The largest absolute Gasteiger partial charge is 0.361 e. The zero-order valence-electron chi connectivity index (χ0n) is 9.94. The fourth-order valence-corrected chi connectivity index (χ4v) is 2.25. The highest BCUT2D eigenvalue weighted by atomic mass is 32.2. The molecule has 4 nitrogen and oxygen atoms in total. The number of rotatable bonds is 5. The quantitative estimate of drug-likeness (QED) is 0.670. The van der Waals surface area contributed by atoms with Crippen molar-refractivity contribution in [1.82, 2.24) is 4.98 Å². The maximum atomic E-state index is 13.1. The van der Waals surface area contributed by atoms with Gasteiger partial charge in [-0.05, 0) is 36.6 Å². The summed E-state index contributed by atoms with van der Waals surface area (Å²) in [5.74, 6) is -0.282. The van der Waals surface area contributed by atoms with Crippen LogP contribution in [0.4, 0.5) is 4.39 Å². The molecule has 0 fully saturated rings. The summed E-state index contributed by atoms with van der Waals surface area (Å²) < 4.78 is 39.3. The number of halogens is 1. The summed E-state index contributed by atoms with van der Waals surface area (Å²) >= 11 is 0. The van der Waals surface area contributed by atoms with Gasteiger partial charge in [-0.15, -0.1) is 0 Å². The Morgan fingerprint density at radius 3 is 2.89 bits per heavy atom. The molecule has 1 heterocycles. The number of hydrogen-bond acceptors (Lipinski definition) is 3. The first-order valence-corrected chi connectivity index (χ1v) is 7.37. The molecule has 1 N–H and O–H groups in total. The van der Waals surface area contributed by atoms with E-state index in [0.29, 0.717) is 12.8 Å². The third kappa shape index (κ3) is 3.30. The minimum atomic E-state index is -3.38. The van der Waals surface area contributed by atoms with E-state index >= 15 is 0 Å². The lowest BCUT2D eigenvalue weighted by Crippen LogP contribution is -2.04. The molecule has 0 unspecified atom stereocenters. The van der Waals surface area contributed by atoms with E-state index in [4.69, 9.17) is 0 Å². The van der Waals surface area contributed by atoms with Crippen molar-refractivity contribution >= 4 is 21.0 Å². The lowest BCUT2D eigenvalue weighted by atomic mass is 10.1. The molecule has 0 saturated carbocycles. The van der Waals surface area contributed by atoms with Crippen molar-refractivity contribution < 1.29 is 17.0 Å². The van der Waals surface area contributed by atoms with Crippen LogP contribution in [0.15, 0.2) is 24.4 Å². The predicted octanol–water partition coefficient (Wildman–Crippen LogP) is 2.22. The molecular formula is C12H14FNO3S. The van der Waals surface area contributed by atoms with Gasteiger partial charge >= 0.3 is 0 Å². The third-order valence-electron chi connectivity index (χ3n) is 2.62. The molecule has 2 rings (SSSR count). The lowest BCUT2D eigenvalue weighted by molar-refractivity contribution is 0.316. The van der Waals surface area contributed by atoms with Crippen LogP contribution < -0.4 is 0 Å². The van der Waals surface area contributed by atoms with Gasteiger partial charge in [-0.1, -0.05) is 0 Å². The van der Waals surface area contributed by atoms with Crippen LogP contribution in [0.1, 0.15) is 12.0 Å². The number of benzene rings is 1. The minimum Gasteiger partial charge on any atom is -0.361 e. The van der Waals surface area contributed by atoms with Crippen molar-refractivity contribution in [2.45, 2.75) is 12.8 Å². The zero-order chi connectivity index (χ0) is 13.2. The molecule has 0 aliphatic heterocycles. The minimum absolute atomic E-state index is 0.140. The average molecular weight is 271 g/mol. The topological polar surface area (TPSA) is 59.2 Å². The third-order valence-corrected chi connectivity index (χ3v) is 3.21. The molecule has 0 amide bonds. The Balaban J connectivity index is 2.02. The Kier molecular flexibility index (Phi) is 3.68. The van der Waals surface area contributed by atoms with E-state index in [-0.39, 0.29) is 12.4 Å². The van der Waals surface area contributed by atoms with Crippen molar-refractivity contribution in [3.05, 3.63) is 35.8 Å². The van der Waals surface area contributed by atoms with Crippen LogP contribution in [0.3, 0.4) is 0 Å². The number of hydrogen-bond donors (Lipinski definition) is 1. The predicted molar refractivity (Wildman–Crippen MR) is 67.4 cm³/mol. The highest BCUT2D eigenvalue weighted by Crippen LogP contribution is 2.20. The number of aromatic nitrogens is 1. The Morgan fingerprint density at radius 1 is 1.39 bits per heavy atom. The molecule has 0 atom stereocenters. The van der Waals surface area contributed by atoms with Gasteiger partial charge in [0, 0.05) is 17.1 Å². The number of aryl methyl sites for hydroxylation is 1. The molecule has 0 bridgehead atoms. The first-order chi connectivity index (χ1) is 8.46. The van der Waals surface area contributed by atoms with E-state index in [0.717, 1.165) is 22.7 Å². The maximum Gasteiger partial charge on any atom is 0.264 e. The fraction of sp³-hybridized carbons (Fsp3) is 0.333. The van der Waals surface area contributed by atoms with Gasteiger partial charge in [0.25, 0.3) is 10.1 Å². The summed E-state index contributed by atoms with van der Waals surface area (Å²) in [5.41, 5.74) is 1.83. The fourth-order valence-electron chi connectivity index (χ4n) is 1.83. The van der Waals surface area contributed by atoms with Crippen LogP contribution in [0.25, 0.3) is 10.9 Å². The molecule has 2 aromatic rings. The van der Waals surface area contributed by atoms with E-state index in [1.165, 1.54) is 12.1 Å². The number of H-pyrrole nitrogens is 1. The molecule has 0 aliphatic carbocycles. The van der Waals surface area contributed by atoms with Crippen LogP contribution in [0.5, 0.6) is 0 Å². The van der Waals surface area contributed by atoms with Gasteiger partial charge in [-0.3, -0.25) is 4.18 Å².